The summed E-state index contributed by atoms with van der Waals surface area (Å²) in [6.45, 7) is 1.81. The van der Waals surface area contributed by atoms with Gasteiger partial charge in [-0.3, -0.25) is 4.98 Å². The Hall–Kier alpha value is -3.47. The van der Waals surface area contributed by atoms with E-state index in [4.69, 9.17) is 11.6 Å². The van der Waals surface area contributed by atoms with Gasteiger partial charge in [0.05, 0.1) is 28.1 Å². The molecular formula is C27H27ClFN5O3S. The van der Waals surface area contributed by atoms with Crippen molar-refractivity contribution >= 4 is 49.5 Å². The normalized spacial score (nSPS) is 15.9. The number of nitrogens with zero attached hydrogens (tertiary/aromatic N) is 4. The monoisotopic (exact) mass is 555 g/mol. The van der Waals surface area contributed by atoms with Crippen molar-refractivity contribution in [3.05, 3.63) is 65.7 Å². The third-order valence-corrected chi connectivity index (χ3v) is 8.21. The number of fused-ring (bicyclic) bond motifs is 1. The van der Waals surface area contributed by atoms with Crippen LogP contribution in [0.4, 0.5) is 21.6 Å². The van der Waals surface area contributed by atoms with Crippen LogP contribution in [0.25, 0.3) is 22.0 Å². The molecule has 0 saturated carbocycles. The van der Waals surface area contributed by atoms with Gasteiger partial charge >= 0.3 is 0 Å². The second-order valence-corrected chi connectivity index (χ2v) is 12.1. The van der Waals surface area contributed by atoms with Crippen molar-refractivity contribution < 1.29 is 17.9 Å². The highest BCUT2D eigenvalue weighted by molar-refractivity contribution is 7.90. The Kier molecular flexibility index (Phi) is 6.89. The maximum Gasteiger partial charge on any atom is 0.179 e. The number of halogens is 2. The average molecular weight is 556 g/mol. The molecule has 3 heterocycles. The summed E-state index contributed by atoms with van der Waals surface area (Å²) in [7, 11) is 0.500. The average Bonchev–Trinajstić information content (AvgIpc) is 3.37. The number of hydrogen-bond donors (Lipinski definition) is 2. The number of nitrogens with one attached hydrogen (secondary N) is 1. The Bertz CT molecular complexity index is 1610. The van der Waals surface area contributed by atoms with Gasteiger partial charge in [-0.05, 0) is 68.0 Å². The van der Waals surface area contributed by atoms with E-state index in [0.717, 1.165) is 31.6 Å². The Labute approximate surface area is 225 Å². The molecular weight excluding hydrogens is 529 g/mol. The fourth-order valence-corrected chi connectivity index (χ4v) is 5.64. The Morgan fingerprint density at radius 1 is 1.11 bits per heavy atom. The zero-order valence-corrected chi connectivity index (χ0v) is 22.7. The van der Waals surface area contributed by atoms with Gasteiger partial charge in [-0.2, -0.15) is 0 Å². The van der Waals surface area contributed by atoms with E-state index in [1.165, 1.54) is 18.3 Å². The van der Waals surface area contributed by atoms with E-state index in [9.17, 15) is 17.9 Å². The first-order chi connectivity index (χ1) is 18.0. The molecule has 1 aliphatic heterocycles. The maximum absolute atomic E-state index is 14.2. The van der Waals surface area contributed by atoms with Gasteiger partial charge in [-0.1, -0.05) is 17.7 Å². The smallest absolute Gasteiger partial charge is 0.179 e. The minimum absolute atomic E-state index is 0.0227. The first-order valence-electron chi connectivity index (χ1n) is 12.0. The number of benzene rings is 2. The number of rotatable bonds is 6. The minimum atomic E-state index is -3.65. The van der Waals surface area contributed by atoms with Crippen molar-refractivity contribution in [3.63, 3.8) is 0 Å². The third kappa shape index (κ3) is 5.11. The maximum atomic E-state index is 14.2. The highest BCUT2D eigenvalue weighted by Crippen LogP contribution is 2.37. The predicted octanol–water partition coefficient (Wildman–Crippen LogP) is 5.08. The molecule has 0 bridgehead atoms. The van der Waals surface area contributed by atoms with Gasteiger partial charge in [-0.25, -0.2) is 17.8 Å². The molecule has 2 aromatic carbocycles. The molecule has 4 aromatic rings. The van der Waals surface area contributed by atoms with Gasteiger partial charge < -0.3 is 20.2 Å². The summed E-state index contributed by atoms with van der Waals surface area (Å²) in [6.07, 6.45) is 5.18. The molecule has 198 valence electrons. The van der Waals surface area contributed by atoms with Crippen LogP contribution in [0.2, 0.25) is 5.02 Å². The van der Waals surface area contributed by atoms with Crippen molar-refractivity contribution in [1.82, 2.24) is 14.9 Å². The van der Waals surface area contributed by atoms with E-state index >= 15 is 0 Å². The second kappa shape index (κ2) is 10.0. The van der Waals surface area contributed by atoms with Gasteiger partial charge in [0.1, 0.15) is 10.7 Å². The van der Waals surface area contributed by atoms with E-state index in [1.54, 1.807) is 24.4 Å². The molecule has 1 atom stereocenters. The molecule has 1 unspecified atom stereocenters. The standard InChI is InChI=1S/C27H27ClFN5O3S/c1-33(2)19-8-9-34(15-19)25-7-5-18(13-31-25)32-26-20-10-16(17-11-21(28)27(35)22(29)12-17)4-6-23(20)30-14-24(26)38(3,36)37/h4-7,10-14,19,35H,8-9,15H2,1-3H3,(H,30,32). The number of hydrogen-bond acceptors (Lipinski definition) is 8. The Morgan fingerprint density at radius 2 is 1.89 bits per heavy atom. The summed E-state index contributed by atoms with van der Waals surface area (Å²) in [5.74, 6) is -0.618. The van der Waals surface area contributed by atoms with E-state index in [-0.39, 0.29) is 9.92 Å². The molecule has 8 nitrogen and oxygen atoms in total. The summed E-state index contributed by atoms with van der Waals surface area (Å²) in [5.41, 5.74) is 2.50. The zero-order valence-electron chi connectivity index (χ0n) is 21.1. The second-order valence-electron chi connectivity index (χ2n) is 9.67. The molecule has 0 amide bonds. The fraction of sp³-hybridized carbons (Fsp3) is 0.259. The van der Waals surface area contributed by atoms with Gasteiger partial charge in [0, 0.05) is 37.0 Å². The summed E-state index contributed by atoms with van der Waals surface area (Å²) >= 11 is 5.99. The van der Waals surface area contributed by atoms with Crippen LogP contribution in [-0.2, 0) is 9.84 Å². The lowest BCUT2D eigenvalue weighted by Crippen LogP contribution is -2.31. The molecule has 0 radical (unpaired) electrons. The first kappa shape index (κ1) is 26.1. The van der Waals surface area contributed by atoms with Gasteiger partial charge in [0.25, 0.3) is 0 Å². The third-order valence-electron chi connectivity index (χ3n) is 6.82. The van der Waals surface area contributed by atoms with Crippen molar-refractivity contribution in [2.75, 3.05) is 43.7 Å². The molecule has 0 spiro atoms. The van der Waals surface area contributed by atoms with Gasteiger partial charge in [0.15, 0.2) is 21.4 Å². The van der Waals surface area contributed by atoms with Gasteiger partial charge in [-0.15, -0.1) is 0 Å². The number of pyridine rings is 2. The van der Waals surface area contributed by atoms with Crippen LogP contribution < -0.4 is 10.2 Å². The Morgan fingerprint density at radius 3 is 2.53 bits per heavy atom. The largest absolute Gasteiger partial charge is 0.504 e. The zero-order chi connectivity index (χ0) is 27.2. The molecule has 1 aliphatic rings. The number of sulfone groups is 1. The van der Waals surface area contributed by atoms with E-state index in [0.29, 0.717) is 39.4 Å². The van der Waals surface area contributed by atoms with E-state index in [2.05, 4.69) is 39.2 Å². The summed E-state index contributed by atoms with van der Waals surface area (Å²) < 4.78 is 39.5. The lowest BCUT2D eigenvalue weighted by Gasteiger charge is -2.21. The number of aromatic hydroxyl groups is 1. The molecule has 1 fully saturated rings. The molecule has 2 N–H and O–H groups in total. The summed E-state index contributed by atoms with van der Waals surface area (Å²) in [4.78, 5) is 13.4. The predicted molar refractivity (Wildman–Crippen MR) is 149 cm³/mol. The van der Waals surface area contributed by atoms with Crippen LogP contribution in [0.5, 0.6) is 5.75 Å². The molecule has 38 heavy (non-hydrogen) atoms. The first-order valence-corrected chi connectivity index (χ1v) is 14.2. The Balaban J connectivity index is 1.54. The van der Waals surface area contributed by atoms with Crippen molar-refractivity contribution in [3.8, 4) is 16.9 Å². The van der Waals surface area contributed by atoms with E-state index < -0.39 is 21.4 Å². The lowest BCUT2D eigenvalue weighted by molar-refractivity contribution is 0.315. The fourth-order valence-electron chi connectivity index (χ4n) is 4.66. The molecule has 5 rings (SSSR count). The molecule has 11 heteroatoms. The number of phenols is 1. The van der Waals surface area contributed by atoms with Crippen LogP contribution >= 0.6 is 11.6 Å². The number of anilines is 3. The molecule has 1 saturated heterocycles. The quantitative estimate of drug-likeness (QED) is 0.340. The topological polar surface area (TPSA) is 98.7 Å². The minimum Gasteiger partial charge on any atom is -0.504 e. The highest BCUT2D eigenvalue weighted by atomic mass is 35.5. The highest BCUT2D eigenvalue weighted by Gasteiger charge is 2.25. The SMILES string of the molecule is CN(C)C1CCN(c2ccc(Nc3c(S(C)(=O)=O)cnc4ccc(-c5cc(F)c(O)c(Cl)c5)cc34)cn2)C1. The van der Waals surface area contributed by atoms with Crippen LogP contribution in [0.1, 0.15) is 6.42 Å². The lowest BCUT2D eigenvalue weighted by atomic mass is 10.0. The van der Waals surface area contributed by atoms with Gasteiger partial charge in [0.2, 0.25) is 0 Å². The van der Waals surface area contributed by atoms with Crippen LogP contribution in [0.15, 0.2) is 59.8 Å². The van der Waals surface area contributed by atoms with Crippen molar-refractivity contribution in [1.29, 1.82) is 0 Å². The number of aromatic nitrogens is 2. The molecule has 0 aliphatic carbocycles. The van der Waals surface area contributed by atoms with Crippen LogP contribution in [0, 0.1) is 5.82 Å². The van der Waals surface area contributed by atoms with Crippen molar-refractivity contribution in [2.24, 2.45) is 0 Å². The van der Waals surface area contributed by atoms with Crippen molar-refractivity contribution in [2.45, 2.75) is 17.4 Å². The van der Waals surface area contributed by atoms with Crippen LogP contribution in [0.3, 0.4) is 0 Å². The number of phenolic OH excluding ortho intramolecular Hbond substituents is 1. The summed E-state index contributed by atoms with van der Waals surface area (Å²) in [5, 5.41) is 13.3. The van der Waals surface area contributed by atoms with E-state index in [1.807, 2.05) is 12.1 Å². The molecule has 2 aromatic heterocycles. The van der Waals surface area contributed by atoms with Crippen LogP contribution in [-0.4, -0.2) is 67.9 Å². The summed E-state index contributed by atoms with van der Waals surface area (Å²) in [6, 6.07) is 12.0. The number of likely N-dealkylation sites (N-methyl/N-ethyl adjacent to an activating group) is 1.